The first kappa shape index (κ1) is 15.3. The fourth-order valence-corrected chi connectivity index (χ4v) is 1.43. The zero-order chi connectivity index (χ0) is 15.1. The van der Waals surface area contributed by atoms with Crippen LogP contribution in [-0.2, 0) is 14.3 Å². The van der Waals surface area contributed by atoms with Gasteiger partial charge in [0, 0.05) is 11.6 Å². The molecule has 1 rings (SSSR count). The molecule has 0 aromatic heterocycles. The maximum Gasteiger partial charge on any atom is 0.318 e. The van der Waals surface area contributed by atoms with E-state index in [0.29, 0.717) is 11.1 Å². The molecular formula is C15H13NO4. The number of esters is 1. The summed E-state index contributed by atoms with van der Waals surface area (Å²) in [6.45, 7) is 2.74. The van der Waals surface area contributed by atoms with Crippen LogP contribution in [0.5, 0.6) is 0 Å². The van der Waals surface area contributed by atoms with Crippen molar-refractivity contribution in [3.8, 4) is 6.07 Å². The summed E-state index contributed by atoms with van der Waals surface area (Å²) >= 11 is 0. The molecule has 20 heavy (non-hydrogen) atoms. The lowest BCUT2D eigenvalue weighted by Crippen LogP contribution is -2.08. The van der Waals surface area contributed by atoms with Crippen LogP contribution >= 0.6 is 0 Å². The molecule has 1 aromatic carbocycles. The first-order valence-corrected chi connectivity index (χ1v) is 5.85. The summed E-state index contributed by atoms with van der Waals surface area (Å²) in [4.78, 5) is 33.8. The van der Waals surface area contributed by atoms with E-state index in [1.165, 1.54) is 44.2 Å². The number of ketones is 2. The number of carbonyl (C=O) groups is 3. The van der Waals surface area contributed by atoms with Crippen molar-refractivity contribution < 1.29 is 19.1 Å². The first-order valence-electron chi connectivity index (χ1n) is 5.85. The van der Waals surface area contributed by atoms with Crippen LogP contribution in [0, 0.1) is 11.3 Å². The minimum absolute atomic E-state index is 0.116. The Kier molecular flexibility index (Phi) is 5.36. The number of rotatable bonds is 5. The summed E-state index contributed by atoms with van der Waals surface area (Å²) in [7, 11) is 0. The van der Waals surface area contributed by atoms with Crippen LogP contribution in [0.1, 0.15) is 36.2 Å². The molecule has 0 saturated carbocycles. The lowest BCUT2D eigenvalue weighted by Gasteiger charge is -2.03. The Morgan fingerprint density at radius 2 is 1.80 bits per heavy atom. The Bertz CT molecular complexity index is 606. The first-order chi connectivity index (χ1) is 9.42. The third-order valence-corrected chi connectivity index (χ3v) is 2.30. The molecule has 5 heteroatoms. The fraction of sp³-hybridized carbons (Fsp3) is 0.200. The Balaban J connectivity index is 2.72. The van der Waals surface area contributed by atoms with Crippen molar-refractivity contribution >= 4 is 17.5 Å². The van der Waals surface area contributed by atoms with Crippen LogP contribution < -0.4 is 0 Å². The summed E-state index contributed by atoms with van der Waals surface area (Å²) < 4.78 is 4.83. The number of nitrogens with zero attached hydrogens (tertiary/aromatic N) is 1. The van der Waals surface area contributed by atoms with Gasteiger partial charge in [-0.15, -0.1) is 0 Å². The van der Waals surface area contributed by atoms with E-state index in [0.717, 1.165) is 0 Å². The molecular weight excluding hydrogens is 258 g/mol. The number of allylic oxidation sites excluding steroid dienone is 2. The second-order valence-electron chi connectivity index (χ2n) is 4.16. The van der Waals surface area contributed by atoms with Gasteiger partial charge in [0.1, 0.15) is 18.0 Å². The van der Waals surface area contributed by atoms with Crippen LogP contribution in [0.15, 0.2) is 36.1 Å². The molecule has 0 atom stereocenters. The van der Waals surface area contributed by atoms with Gasteiger partial charge in [0.2, 0.25) is 0 Å². The third kappa shape index (κ3) is 4.86. The summed E-state index contributed by atoms with van der Waals surface area (Å²) in [6.07, 6.45) is 0.843. The van der Waals surface area contributed by atoms with Crippen LogP contribution in [0.2, 0.25) is 0 Å². The minimum Gasteiger partial charge on any atom is -0.431 e. The van der Waals surface area contributed by atoms with Gasteiger partial charge in [0.25, 0.3) is 0 Å². The van der Waals surface area contributed by atoms with E-state index >= 15 is 0 Å². The van der Waals surface area contributed by atoms with Crippen molar-refractivity contribution in [2.75, 3.05) is 0 Å². The molecule has 102 valence electrons. The molecule has 0 aliphatic rings. The lowest BCUT2D eigenvalue weighted by atomic mass is 10.1. The zero-order valence-corrected chi connectivity index (χ0v) is 11.2. The average molecular weight is 271 g/mol. The van der Waals surface area contributed by atoms with Crippen LogP contribution in [0.3, 0.4) is 0 Å². The maximum atomic E-state index is 11.8. The molecule has 5 nitrogen and oxygen atoms in total. The predicted molar refractivity (Wildman–Crippen MR) is 70.6 cm³/mol. The van der Waals surface area contributed by atoms with E-state index in [1.54, 1.807) is 0 Å². The SMILES string of the molecule is CC(=O)CC(=O)O/C(C)=C\C(=O)c1ccc(C#N)cc1. The van der Waals surface area contributed by atoms with Crippen molar-refractivity contribution in [1.29, 1.82) is 5.26 Å². The zero-order valence-electron chi connectivity index (χ0n) is 11.2. The van der Waals surface area contributed by atoms with Gasteiger partial charge in [0.05, 0.1) is 11.6 Å². The molecule has 0 radical (unpaired) electrons. The number of nitriles is 1. The van der Waals surface area contributed by atoms with Gasteiger partial charge < -0.3 is 4.74 Å². The van der Waals surface area contributed by atoms with E-state index in [-0.39, 0.29) is 23.7 Å². The highest BCUT2D eigenvalue weighted by molar-refractivity contribution is 6.05. The molecule has 0 N–H and O–H groups in total. The third-order valence-electron chi connectivity index (χ3n) is 2.30. The van der Waals surface area contributed by atoms with Crippen molar-refractivity contribution in [1.82, 2.24) is 0 Å². The van der Waals surface area contributed by atoms with Gasteiger partial charge >= 0.3 is 5.97 Å². The van der Waals surface area contributed by atoms with Gasteiger partial charge in [0.15, 0.2) is 5.78 Å². The molecule has 0 saturated heterocycles. The Morgan fingerprint density at radius 3 is 2.30 bits per heavy atom. The summed E-state index contributed by atoms with van der Waals surface area (Å²) in [5.74, 6) is -1.23. The van der Waals surface area contributed by atoms with E-state index in [2.05, 4.69) is 0 Å². The van der Waals surface area contributed by atoms with Crippen molar-refractivity contribution in [2.24, 2.45) is 0 Å². The minimum atomic E-state index is -0.695. The number of hydrogen-bond donors (Lipinski definition) is 0. The smallest absolute Gasteiger partial charge is 0.318 e. The molecule has 0 unspecified atom stereocenters. The normalized spacial score (nSPS) is 10.6. The molecule has 0 aliphatic heterocycles. The average Bonchev–Trinajstić information content (AvgIpc) is 2.37. The summed E-state index contributed by atoms with van der Waals surface area (Å²) in [5, 5.41) is 8.65. The quantitative estimate of drug-likeness (QED) is 0.269. The number of ether oxygens (including phenoxy) is 1. The molecule has 0 amide bonds. The number of Topliss-reactive ketones (excluding diaryl/α,β-unsaturated/α-hetero) is 1. The Labute approximate surface area is 116 Å². The van der Waals surface area contributed by atoms with E-state index < -0.39 is 5.97 Å². The molecule has 0 fully saturated rings. The number of carbonyl (C=O) groups excluding carboxylic acids is 3. The van der Waals surface area contributed by atoms with Gasteiger partial charge in [-0.3, -0.25) is 14.4 Å². The molecule has 1 aromatic rings. The van der Waals surface area contributed by atoms with Crippen molar-refractivity contribution in [3.63, 3.8) is 0 Å². The topological polar surface area (TPSA) is 84.2 Å². The fourth-order valence-electron chi connectivity index (χ4n) is 1.43. The van der Waals surface area contributed by atoms with E-state index in [1.807, 2.05) is 6.07 Å². The molecule has 0 aliphatic carbocycles. The molecule has 0 bridgehead atoms. The van der Waals surface area contributed by atoms with Gasteiger partial charge in [-0.2, -0.15) is 5.26 Å². The maximum absolute atomic E-state index is 11.8. The largest absolute Gasteiger partial charge is 0.431 e. The van der Waals surface area contributed by atoms with Crippen molar-refractivity contribution in [3.05, 3.63) is 47.2 Å². The summed E-state index contributed by atoms with van der Waals surface area (Å²) in [6, 6.07) is 8.03. The van der Waals surface area contributed by atoms with E-state index in [9.17, 15) is 14.4 Å². The molecule has 0 spiro atoms. The lowest BCUT2D eigenvalue weighted by molar-refractivity contribution is -0.141. The highest BCUT2D eigenvalue weighted by Gasteiger charge is 2.09. The highest BCUT2D eigenvalue weighted by atomic mass is 16.5. The Morgan fingerprint density at radius 1 is 1.20 bits per heavy atom. The van der Waals surface area contributed by atoms with Gasteiger partial charge in [-0.1, -0.05) is 0 Å². The monoisotopic (exact) mass is 271 g/mol. The Hall–Kier alpha value is -2.74. The second kappa shape index (κ2) is 7.00. The second-order valence-corrected chi connectivity index (χ2v) is 4.16. The number of benzene rings is 1. The van der Waals surface area contributed by atoms with Crippen LogP contribution in [0.4, 0.5) is 0 Å². The van der Waals surface area contributed by atoms with Crippen molar-refractivity contribution in [2.45, 2.75) is 20.3 Å². The highest BCUT2D eigenvalue weighted by Crippen LogP contribution is 2.07. The number of hydrogen-bond acceptors (Lipinski definition) is 5. The van der Waals surface area contributed by atoms with Crippen LogP contribution in [-0.4, -0.2) is 17.5 Å². The van der Waals surface area contributed by atoms with Gasteiger partial charge in [-0.25, -0.2) is 0 Å². The summed E-state index contributed by atoms with van der Waals surface area (Å²) in [5.41, 5.74) is 0.834. The molecule has 0 heterocycles. The van der Waals surface area contributed by atoms with Crippen LogP contribution in [0.25, 0.3) is 0 Å². The van der Waals surface area contributed by atoms with Gasteiger partial charge in [-0.05, 0) is 38.1 Å². The standard InChI is InChI=1S/C15H13NO4/c1-10(17)7-15(19)20-11(2)8-14(18)13-5-3-12(9-16)4-6-13/h3-6,8H,7H2,1-2H3/b11-8-. The predicted octanol–water partition coefficient (Wildman–Crippen LogP) is 2.17. The van der Waals surface area contributed by atoms with E-state index in [4.69, 9.17) is 10.00 Å².